The van der Waals surface area contributed by atoms with Gasteiger partial charge in [-0.25, -0.2) is 0 Å². The molecule has 0 saturated carbocycles. The van der Waals surface area contributed by atoms with Gasteiger partial charge in [0.15, 0.2) is 0 Å². The van der Waals surface area contributed by atoms with Gasteiger partial charge in [0, 0.05) is 11.6 Å². The molecule has 0 aliphatic rings. The Bertz CT molecular complexity index is 405. The number of carbonyl (C=O) groups excluding carboxylic acids is 1. The quantitative estimate of drug-likeness (QED) is 0.862. The van der Waals surface area contributed by atoms with Crippen molar-refractivity contribution in [3.05, 3.63) is 28.8 Å². The maximum atomic E-state index is 11.7. The van der Waals surface area contributed by atoms with Crippen LogP contribution in [0.15, 0.2) is 18.2 Å². The van der Waals surface area contributed by atoms with Gasteiger partial charge in [-0.3, -0.25) is 4.79 Å². The van der Waals surface area contributed by atoms with Gasteiger partial charge < -0.3 is 10.1 Å². The molecule has 100 valence electrons. The fraction of sp³-hybridized carbons (Fsp3) is 0.500. The zero-order chi connectivity index (χ0) is 13.5. The summed E-state index contributed by atoms with van der Waals surface area (Å²) in [6, 6.07) is 5.35. The predicted octanol–water partition coefficient (Wildman–Crippen LogP) is 3.05. The summed E-state index contributed by atoms with van der Waals surface area (Å²) in [6.45, 7) is 4.98. The second-order valence-corrected chi connectivity index (χ2v) is 5.07. The Morgan fingerprint density at radius 3 is 2.72 bits per heavy atom. The third-order valence-electron chi connectivity index (χ3n) is 2.66. The van der Waals surface area contributed by atoms with Gasteiger partial charge in [0.1, 0.15) is 5.75 Å². The summed E-state index contributed by atoms with van der Waals surface area (Å²) in [5.41, 5.74) is 0.819. The van der Waals surface area contributed by atoms with Crippen LogP contribution in [0.25, 0.3) is 0 Å². The minimum Gasteiger partial charge on any atom is -0.497 e. The van der Waals surface area contributed by atoms with Crippen LogP contribution in [0.5, 0.6) is 5.75 Å². The van der Waals surface area contributed by atoms with Gasteiger partial charge in [-0.2, -0.15) is 0 Å². The number of hydrogen-bond acceptors (Lipinski definition) is 2. The largest absolute Gasteiger partial charge is 0.497 e. The van der Waals surface area contributed by atoms with E-state index in [0.717, 1.165) is 12.0 Å². The average molecular weight is 270 g/mol. The summed E-state index contributed by atoms with van der Waals surface area (Å²) in [5, 5.41) is 3.45. The summed E-state index contributed by atoms with van der Waals surface area (Å²) < 4.78 is 5.06. The summed E-state index contributed by atoms with van der Waals surface area (Å²) in [5.74, 6) is 1.29. The molecule has 3 nitrogen and oxygen atoms in total. The molecule has 0 aliphatic heterocycles. The van der Waals surface area contributed by atoms with Gasteiger partial charge in [-0.05, 0) is 30.0 Å². The lowest BCUT2D eigenvalue weighted by molar-refractivity contribution is -0.120. The van der Waals surface area contributed by atoms with Gasteiger partial charge >= 0.3 is 0 Å². The number of carbonyl (C=O) groups is 1. The van der Waals surface area contributed by atoms with Crippen LogP contribution in [-0.4, -0.2) is 19.6 Å². The fourth-order valence-electron chi connectivity index (χ4n) is 1.53. The minimum atomic E-state index is 0.00252. The van der Waals surface area contributed by atoms with Gasteiger partial charge in [0.25, 0.3) is 0 Å². The zero-order valence-corrected chi connectivity index (χ0v) is 11.9. The Balaban J connectivity index is 2.49. The van der Waals surface area contributed by atoms with E-state index in [1.807, 2.05) is 12.1 Å². The van der Waals surface area contributed by atoms with E-state index in [9.17, 15) is 4.79 Å². The van der Waals surface area contributed by atoms with Crippen LogP contribution < -0.4 is 10.1 Å². The molecule has 0 spiro atoms. The summed E-state index contributed by atoms with van der Waals surface area (Å²) in [6.07, 6.45) is 1.29. The van der Waals surface area contributed by atoms with Crippen molar-refractivity contribution in [2.24, 2.45) is 5.92 Å². The van der Waals surface area contributed by atoms with Crippen LogP contribution in [0.3, 0.4) is 0 Å². The predicted molar refractivity (Wildman–Crippen MR) is 74.2 cm³/mol. The van der Waals surface area contributed by atoms with Crippen molar-refractivity contribution in [2.45, 2.75) is 26.7 Å². The third kappa shape index (κ3) is 4.96. The first kappa shape index (κ1) is 14.8. The molecular formula is C14H20ClNO2. The molecule has 0 bridgehead atoms. The molecule has 0 unspecified atom stereocenters. The van der Waals surface area contributed by atoms with Crippen molar-refractivity contribution in [3.8, 4) is 5.75 Å². The Morgan fingerprint density at radius 2 is 2.17 bits per heavy atom. The lowest BCUT2D eigenvalue weighted by atomic mass is 10.1. The van der Waals surface area contributed by atoms with Crippen LogP contribution in [0.4, 0.5) is 0 Å². The lowest BCUT2D eigenvalue weighted by Gasteiger charge is -2.09. The van der Waals surface area contributed by atoms with E-state index in [-0.39, 0.29) is 5.91 Å². The van der Waals surface area contributed by atoms with Crippen molar-refractivity contribution < 1.29 is 9.53 Å². The third-order valence-corrected chi connectivity index (χ3v) is 3.01. The topological polar surface area (TPSA) is 38.3 Å². The van der Waals surface area contributed by atoms with Crippen LogP contribution in [-0.2, 0) is 11.2 Å². The van der Waals surface area contributed by atoms with Crippen LogP contribution in [0.1, 0.15) is 25.8 Å². The van der Waals surface area contributed by atoms with E-state index in [2.05, 4.69) is 19.2 Å². The summed E-state index contributed by atoms with van der Waals surface area (Å²) in [4.78, 5) is 11.7. The monoisotopic (exact) mass is 269 g/mol. The van der Waals surface area contributed by atoms with Crippen molar-refractivity contribution in [1.82, 2.24) is 5.32 Å². The minimum absolute atomic E-state index is 0.00252. The first-order valence-corrected chi connectivity index (χ1v) is 6.50. The zero-order valence-electron chi connectivity index (χ0n) is 11.1. The number of amides is 1. The Kier molecular flexibility index (Phi) is 5.99. The normalized spacial score (nSPS) is 10.5. The number of methoxy groups -OCH3 is 1. The van der Waals surface area contributed by atoms with Gasteiger partial charge in [0.05, 0.1) is 13.5 Å². The van der Waals surface area contributed by atoms with Gasteiger partial charge in [-0.1, -0.05) is 31.5 Å². The molecule has 0 aliphatic carbocycles. The fourth-order valence-corrected chi connectivity index (χ4v) is 1.77. The van der Waals surface area contributed by atoms with E-state index in [4.69, 9.17) is 16.3 Å². The number of hydrogen-bond donors (Lipinski definition) is 1. The van der Waals surface area contributed by atoms with E-state index in [0.29, 0.717) is 29.7 Å². The highest BCUT2D eigenvalue weighted by Crippen LogP contribution is 2.22. The van der Waals surface area contributed by atoms with E-state index in [1.54, 1.807) is 13.2 Å². The van der Waals surface area contributed by atoms with E-state index in [1.165, 1.54) is 0 Å². The number of nitrogens with one attached hydrogen (secondary N) is 1. The molecular weight excluding hydrogens is 250 g/mol. The number of rotatable bonds is 6. The first-order valence-electron chi connectivity index (χ1n) is 6.12. The second kappa shape index (κ2) is 7.27. The standard InChI is InChI=1S/C14H20ClNO2/c1-10(2)6-7-16-14(17)8-11-4-5-12(18-3)9-13(11)15/h4-5,9-10H,6-8H2,1-3H3,(H,16,17). The second-order valence-electron chi connectivity index (χ2n) is 4.67. The maximum absolute atomic E-state index is 11.7. The molecule has 1 aromatic rings. The van der Waals surface area contributed by atoms with E-state index < -0.39 is 0 Å². The highest BCUT2D eigenvalue weighted by molar-refractivity contribution is 6.31. The molecule has 0 saturated heterocycles. The Hall–Kier alpha value is -1.22. The molecule has 0 fully saturated rings. The van der Waals surface area contributed by atoms with Crippen molar-refractivity contribution >= 4 is 17.5 Å². The molecule has 1 aromatic carbocycles. The Morgan fingerprint density at radius 1 is 1.44 bits per heavy atom. The molecule has 0 radical (unpaired) electrons. The van der Waals surface area contributed by atoms with Gasteiger partial charge in [0.2, 0.25) is 5.91 Å². The number of ether oxygens (including phenoxy) is 1. The maximum Gasteiger partial charge on any atom is 0.224 e. The molecule has 1 amide bonds. The highest BCUT2D eigenvalue weighted by Gasteiger charge is 2.08. The molecule has 4 heteroatoms. The van der Waals surface area contributed by atoms with Crippen LogP contribution >= 0.6 is 11.6 Å². The molecule has 0 atom stereocenters. The Labute approximate surface area is 113 Å². The molecule has 1 rings (SSSR count). The summed E-state index contributed by atoms with van der Waals surface area (Å²) in [7, 11) is 1.59. The van der Waals surface area contributed by atoms with Crippen LogP contribution in [0.2, 0.25) is 5.02 Å². The number of benzene rings is 1. The van der Waals surface area contributed by atoms with Crippen LogP contribution in [0, 0.1) is 5.92 Å². The smallest absolute Gasteiger partial charge is 0.224 e. The summed E-state index contributed by atoms with van der Waals surface area (Å²) >= 11 is 6.08. The molecule has 0 aromatic heterocycles. The SMILES string of the molecule is COc1ccc(CC(=O)NCCC(C)C)c(Cl)c1. The molecule has 18 heavy (non-hydrogen) atoms. The van der Waals surface area contributed by atoms with Crippen molar-refractivity contribution in [2.75, 3.05) is 13.7 Å². The van der Waals surface area contributed by atoms with Crippen molar-refractivity contribution in [3.63, 3.8) is 0 Å². The molecule has 1 N–H and O–H groups in total. The van der Waals surface area contributed by atoms with Crippen molar-refractivity contribution in [1.29, 1.82) is 0 Å². The van der Waals surface area contributed by atoms with E-state index >= 15 is 0 Å². The molecule has 0 heterocycles. The van der Waals surface area contributed by atoms with Gasteiger partial charge in [-0.15, -0.1) is 0 Å². The lowest BCUT2D eigenvalue weighted by Crippen LogP contribution is -2.26. The number of halogens is 1. The average Bonchev–Trinajstić information content (AvgIpc) is 2.31. The highest BCUT2D eigenvalue weighted by atomic mass is 35.5. The first-order chi connectivity index (χ1) is 8.52.